The molecule has 0 aromatic heterocycles. The second kappa shape index (κ2) is 4.63. The maximum Gasteiger partial charge on any atom is 0.471 e. The van der Waals surface area contributed by atoms with E-state index < -0.39 is 12.1 Å². The quantitative estimate of drug-likeness (QED) is 0.742. The molecule has 0 aromatic rings. The van der Waals surface area contributed by atoms with Crippen molar-refractivity contribution in [3.05, 3.63) is 0 Å². The average molecular weight is 211 g/mol. The number of ether oxygens (including phenoxy) is 1. The molecule has 1 fully saturated rings. The van der Waals surface area contributed by atoms with Crippen molar-refractivity contribution in [3.8, 4) is 0 Å². The van der Waals surface area contributed by atoms with Gasteiger partial charge in [0.1, 0.15) is 0 Å². The lowest BCUT2D eigenvalue weighted by atomic mass is 10.0. The van der Waals surface area contributed by atoms with E-state index in [1.807, 2.05) is 5.32 Å². The average Bonchev–Trinajstić information content (AvgIpc) is 2.14. The Labute approximate surface area is 79.6 Å². The fraction of sp³-hybridized carbons (Fsp3) is 0.875. The number of carbonyl (C=O) groups is 1. The van der Waals surface area contributed by atoms with Crippen molar-refractivity contribution in [2.75, 3.05) is 19.8 Å². The van der Waals surface area contributed by atoms with E-state index in [1.54, 1.807) is 0 Å². The lowest BCUT2D eigenvalue weighted by Crippen LogP contribution is -2.40. The third kappa shape index (κ3) is 3.53. The van der Waals surface area contributed by atoms with E-state index in [-0.39, 0.29) is 12.5 Å². The van der Waals surface area contributed by atoms with Gasteiger partial charge in [0.2, 0.25) is 0 Å². The van der Waals surface area contributed by atoms with Crippen LogP contribution in [-0.4, -0.2) is 31.8 Å². The van der Waals surface area contributed by atoms with Gasteiger partial charge in [-0.15, -0.1) is 0 Å². The molecule has 6 heteroatoms. The summed E-state index contributed by atoms with van der Waals surface area (Å²) in [7, 11) is 0. The molecule has 0 bridgehead atoms. The first-order valence-corrected chi connectivity index (χ1v) is 4.43. The van der Waals surface area contributed by atoms with Crippen LogP contribution in [0.2, 0.25) is 0 Å². The third-order valence-corrected chi connectivity index (χ3v) is 2.06. The second-order valence-corrected chi connectivity index (χ2v) is 3.29. The molecular weight excluding hydrogens is 199 g/mol. The molecule has 1 rings (SSSR count). The summed E-state index contributed by atoms with van der Waals surface area (Å²) < 4.78 is 40.3. The first-order valence-electron chi connectivity index (χ1n) is 4.43. The molecule has 0 spiro atoms. The van der Waals surface area contributed by atoms with Gasteiger partial charge in [-0.3, -0.25) is 4.79 Å². The Bertz CT molecular complexity index is 199. The van der Waals surface area contributed by atoms with Crippen LogP contribution in [0.15, 0.2) is 0 Å². The molecule has 1 saturated heterocycles. The van der Waals surface area contributed by atoms with E-state index in [0.29, 0.717) is 13.2 Å². The number of alkyl halides is 3. The fourth-order valence-corrected chi connectivity index (χ4v) is 1.31. The summed E-state index contributed by atoms with van der Waals surface area (Å²) in [5.74, 6) is -1.86. The number of hydrogen-bond acceptors (Lipinski definition) is 2. The van der Waals surface area contributed by atoms with Gasteiger partial charge in [0.25, 0.3) is 0 Å². The fourth-order valence-electron chi connectivity index (χ4n) is 1.31. The molecule has 0 aliphatic carbocycles. The van der Waals surface area contributed by atoms with Gasteiger partial charge < -0.3 is 10.1 Å². The first kappa shape index (κ1) is 11.3. The van der Waals surface area contributed by atoms with E-state index >= 15 is 0 Å². The molecule has 0 radical (unpaired) electrons. The zero-order valence-electron chi connectivity index (χ0n) is 7.56. The van der Waals surface area contributed by atoms with Gasteiger partial charge >= 0.3 is 12.1 Å². The molecule has 1 unspecified atom stereocenters. The van der Waals surface area contributed by atoms with Gasteiger partial charge in [-0.2, -0.15) is 13.2 Å². The summed E-state index contributed by atoms with van der Waals surface area (Å²) in [5, 5.41) is 1.85. The van der Waals surface area contributed by atoms with Crippen LogP contribution in [-0.2, 0) is 9.53 Å². The molecule has 1 aliphatic rings. The van der Waals surface area contributed by atoms with Crippen molar-refractivity contribution in [3.63, 3.8) is 0 Å². The van der Waals surface area contributed by atoms with E-state index in [2.05, 4.69) is 0 Å². The Morgan fingerprint density at radius 3 is 2.71 bits per heavy atom. The Hall–Kier alpha value is -0.780. The van der Waals surface area contributed by atoms with Crippen LogP contribution in [0, 0.1) is 5.92 Å². The molecule has 1 amide bonds. The van der Waals surface area contributed by atoms with Crippen molar-refractivity contribution in [1.82, 2.24) is 5.32 Å². The van der Waals surface area contributed by atoms with Crippen LogP contribution in [0.4, 0.5) is 13.2 Å². The standard InChI is InChI=1S/C8H12F3NO2/c9-8(10,11)7(13)12-4-6-2-1-3-14-5-6/h6H,1-5H2,(H,12,13). The summed E-state index contributed by atoms with van der Waals surface area (Å²) in [6, 6.07) is 0. The van der Waals surface area contributed by atoms with Crippen molar-refractivity contribution in [1.29, 1.82) is 0 Å². The molecule has 0 aromatic carbocycles. The molecule has 1 N–H and O–H groups in total. The number of halogens is 3. The first-order chi connectivity index (χ1) is 6.50. The van der Waals surface area contributed by atoms with Gasteiger partial charge in [-0.1, -0.05) is 0 Å². The zero-order valence-corrected chi connectivity index (χ0v) is 7.56. The topological polar surface area (TPSA) is 38.3 Å². The molecule has 1 heterocycles. The lowest BCUT2D eigenvalue weighted by molar-refractivity contribution is -0.173. The Balaban J connectivity index is 2.22. The van der Waals surface area contributed by atoms with E-state index in [4.69, 9.17) is 4.74 Å². The van der Waals surface area contributed by atoms with Crippen molar-refractivity contribution >= 4 is 5.91 Å². The summed E-state index contributed by atoms with van der Waals surface area (Å²) >= 11 is 0. The smallest absolute Gasteiger partial charge is 0.381 e. The van der Waals surface area contributed by atoms with Crippen molar-refractivity contribution in [2.45, 2.75) is 19.0 Å². The summed E-state index contributed by atoms with van der Waals surface area (Å²) in [5.41, 5.74) is 0. The molecular formula is C8H12F3NO2. The van der Waals surface area contributed by atoms with Crippen LogP contribution < -0.4 is 5.32 Å². The number of rotatable bonds is 2. The van der Waals surface area contributed by atoms with E-state index in [9.17, 15) is 18.0 Å². The van der Waals surface area contributed by atoms with Crippen molar-refractivity contribution < 1.29 is 22.7 Å². The lowest BCUT2D eigenvalue weighted by Gasteiger charge is -2.22. The SMILES string of the molecule is O=C(NCC1CCCOC1)C(F)(F)F. The third-order valence-electron chi connectivity index (χ3n) is 2.06. The predicted octanol–water partition coefficient (Wildman–Crippen LogP) is 1.09. The van der Waals surface area contributed by atoms with Gasteiger partial charge in [0, 0.05) is 13.2 Å². The van der Waals surface area contributed by atoms with E-state index in [1.165, 1.54) is 0 Å². The molecule has 14 heavy (non-hydrogen) atoms. The minimum absolute atomic E-state index is 0.00931. The Morgan fingerprint density at radius 1 is 1.50 bits per heavy atom. The van der Waals surface area contributed by atoms with Crippen LogP contribution >= 0.6 is 0 Å². The van der Waals surface area contributed by atoms with Crippen LogP contribution in [0.25, 0.3) is 0 Å². The maximum absolute atomic E-state index is 11.8. The molecule has 1 atom stereocenters. The number of carbonyl (C=O) groups excluding carboxylic acids is 1. The normalized spacial score (nSPS) is 23.2. The minimum atomic E-state index is -4.78. The molecule has 1 aliphatic heterocycles. The number of nitrogens with one attached hydrogen (secondary N) is 1. The largest absolute Gasteiger partial charge is 0.471 e. The highest BCUT2D eigenvalue weighted by Crippen LogP contribution is 2.16. The number of hydrogen-bond donors (Lipinski definition) is 1. The summed E-state index contributed by atoms with van der Waals surface area (Å²) in [6.45, 7) is 1.13. The Kier molecular flexibility index (Phi) is 3.74. The zero-order chi connectivity index (χ0) is 10.6. The summed E-state index contributed by atoms with van der Waals surface area (Å²) in [6.07, 6.45) is -3.14. The molecule has 0 saturated carbocycles. The van der Waals surface area contributed by atoms with Crippen LogP contribution in [0.5, 0.6) is 0 Å². The number of amides is 1. The van der Waals surface area contributed by atoms with Gasteiger partial charge in [-0.05, 0) is 18.8 Å². The molecule has 3 nitrogen and oxygen atoms in total. The van der Waals surface area contributed by atoms with Gasteiger partial charge in [-0.25, -0.2) is 0 Å². The highest BCUT2D eigenvalue weighted by atomic mass is 19.4. The minimum Gasteiger partial charge on any atom is -0.381 e. The summed E-state index contributed by atoms with van der Waals surface area (Å²) in [4.78, 5) is 10.4. The maximum atomic E-state index is 11.8. The van der Waals surface area contributed by atoms with Gasteiger partial charge in [0.05, 0.1) is 6.61 Å². The van der Waals surface area contributed by atoms with E-state index in [0.717, 1.165) is 12.8 Å². The van der Waals surface area contributed by atoms with Crippen LogP contribution in [0.3, 0.4) is 0 Å². The monoisotopic (exact) mass is 211 g/mol. The van der Waals surface area contributed by atoms with Crippen LogP contribution in [0.1, 0.15) is 12.8 Å². The highest BCUT2D eigenvalue weighted by molar-refractivity contribution is 5.81. The highest BCUT2D eigenvalue weighted by Gasteiger charge is 2.38. The molecule has 82 valence electrons. The van der Waals surface area contributed by atoms with Crippen molar-refractivity contribution in [2.24, 2.45) is 5.92 Å². The Morgan fingerprint density at radius 2 is 2.21 bits per heavy atom. The predicted molar refractivity (Wildman–Crippen MR) is 42.6 cm³/mol. The van der Waals surface area contributed by atoms with Gasteiger partial charge in [0.15, 0.2) is 0 Å². The second-order valence-electron chi connectivity index (χ2n) is 3.29.